The summed E-state index contributed by atoms with van der Waals surface area (Å²) in [6.07, 6.45) is 4.04. The van der Waals surface area contributed by atoms with Crippen molar-refractivity contribution in [1.29, 1.82) is 0 Å². The lowest BCUT2D eigenvalue weighted by molar-refractivity contribution is 0.164. The Morgan fingerprint density at radius 3 is 2.77 bits per heavy atom. The van der Waals surface area contributed by atoms with Crippen LogP contribution in [0.5, 0.6) is 0 Å². The molecule has 0 bridgehead atoms. The Hall–Kier alpha value is -2.04. The second-order valence-electron chi connectivity index (χ2n) is 6.42. The molecule has 1 saturated heterocycles. The van der Waals surface area contributed by atoms with Crippen LogP contribution in [0.25, 0.3) is 11.0 Å². The number of nitrogens with one attached hydrogen (secondary N) is 1. The minimum Gasteiger partial charge on any atom is -0.336 e. The lowest BCUT2D eigenvalue weighted by atomic mass is 9.97. The van der Waals surface area contributed by atoms with Crippen LogP contribution in [0, 0.1) is 5.92 Å². The molecule has 1 aliphatic rings. The maximum absolute atomic E-state index is 12.0. The molecule has 1 aromatic heterocycles. The summed E-state index contributed by atoms with van der Waals surface area (Å²) in [7, 11) is 0. The third-order valence-corrected chi connectivity index (χ3v) is 4.30. The van der Waals surface area contributed by atoms with Crippen molar-refractivity contribution < 1.29 is 4.79 Å². The van der Waals surface area contributed by atoms with E-state index in [9.17, 15) is 4.79 Å². The summed E-state index contributed by atoms with van der Waals surface area (Å²) in [4.78, 5) is 18.4. The number of hydrogen-bond donors (Lipinski definition) is 1. The number of nitrogens with zero attached hydrogens (tertiary/aromatic N) is 3. The first-order valence-corrected chi connectivity index (χ1v) is 8.09. The number of amides is 2. The molecule has 0 saturated carbocycles. The number of hydrogen-bond acceptors (Lipinski definition) is 2. The number of piperidine rings is 1. The van der Waals surface area contributed by atoms with Crippen molar-refractivity contribution in [3.63, 3.8) is 0 Å². The van der Waals surface area contributed by atoms with Crippen molar-refractivity contribution in [3.05, 3.63) is 30.6 Å². The minimum atomic E-state index is 0.0709. The van der Waals surface area contributed by atoms with Gasteiger partial charge in [-0.1, -0.05) is 12.1 Å². The van der Waals surface area contributed by atoms with Gasteiger partial charge in [-0.3, -0.25) is 0 Å². The van der Waals surface area contributed by atoms with E-state index in [1.165, 1.54) is 5.52 Å². The van der Waals surface area contributed by atoms with E-state index in [4.69, 9.17) is 0 Å². The molecule has 1 aliphatic heterocycles. The molecular formula is C17H24N4O. The van der Waals surface area contributed by atoms with E-state index in [1.54, 1.807) is 0 Å². The summed E-state index contributed by atoms with van der Waals surface area (Å²) in [5.41, 5.74) is 2.25. The lowest BCUT2D eigenvalue weighted by Crippen LogP contribution is -2.46. The summed E-state index contributed by atoms with van der Waals surface area (Å²) in [6.45, 7) is 6.66. The first-order chi connectivity index (χ1) is 10.6. The van der Waals surface area contributed by atoms with Crippen LogP contribution in [0.3, 0.4) is 0 Å². The summed E-state index contributed by atoms with van der Waals surface area (Å²) in [5, 5.41) is 2.97. The van der Waals surface area contributed by atoms with Crippen LogP contribution in [-0.2, 0) is 6.54 Å². The highest BCUT2D eigenvalue weighted by molar-refractivity contribution is 5.75. The molecule has 1 N–H and O–H groups in total. The Bertz CT molecular complexity index is 641. The second-order valence-corrected chi connectivity index (χ2v) is 6.42. The van der Waals surface area contributed by atoms with E-state index in [0.29, 0.717) is 5.92 Å². The van der Waals surface area contributed by atoms with Crippen molar-refractivity contribution >= 4 is 17.1 Å². The van der Waals surface area contributed by atoms with Crippen LogP contribution < -0.4 is 5.32 Å². The summed E-state index contributed by atoms with van der Waals surface area (Å²) < 4.78 is 2.24. The van der Waals surface area contributed by atoms with E-state index in [2.05, 4.69) is 27.0 Å². The van der Waals surface area contributed by atoms with Gasteiger partial charge in [-0.15, -0.1) is 0 Å². The van der Waals surface area contributed by atoms with Crippen LogP contribution in [-0.4, -0.2) is 39.6 Å². The van der Waals surface area contributed by atoms with Crippen molar-refractivity contribution in [2.45, 2.75) is 39.3 Å². The van der Waals surface area contributed by atoms with Gasteiger partial charge in [0.05, 0.1) is 17.4 Å². The number of urea groups is 1. The molecule has 2 aromatic rings. The van der Waals surface area contributed by atoms with Gasteiger partial charge in [0.1, 0.15) is 0 Å². The maximum Gasteiger partial charge on any atom is 0.317 e. The van der Waals surface area contributed by atoms with E-state index in [1.807, 2.05) is 37.2 Å². The first-order valence-electron chi connectivity index (χ1n) is 8.09. The number of fused-ring (bicyclic) bond motifs is 1. The van der Waals surface area contributed by atoms with Gasteiger partial charge in [0.25, 0.3) is 0 Å². The average molecular weight is 300 g/mol. The molecule has 118 valence electrons. The van der Waals surface area contributed by atoms with Gasteiger partial charge < -0.3 is 14.8 Å². The Labute approximate surface area is 131 Å². The predicted molar refractivity (Wildman–Crippen MR) is 87.7 cm³/mol. The van der Waals surface area contributed by atoms with Gasteiger partial charge in [-0.05, 0) is 44.7 Å². The second kappa shape index (κ2) is 6.38. The molecule has 0 unspecified atom stereocenters. The zero-order valence-electron chi connectivity index (χ0n) is 13.3. The predicted octanol–water partition coefficient (Wildman–Crippen LogP) is 2.87. The standard InChI is InChI=1S/C17H24N4O/c1-13(2)19-17(22)20-9-7-14(8-10-20)11-21-12-18-15-5-3-4-6-16(15)21/h3-6,12-14H,7-11H2,1-2H3,(H,19,22). The van der Waals surface area contributed by atoms with Crippen LogP contribution in [0.15, 0.2) is 30.6 Å². The van der Waals surface area contributed by atoms with Gasteiger partial charge in [0, 0.05) is 25.7 Å². The van der Waals surface area contributed by atoms with Crippen LogP contribution >= 0.6 is 0 Å². The van der Waals surface area contributed by atoms with Crippen molar-refractivity contribution in [1.82, 2.24) is 19.8 Å². The molecule has 0 spiro atoms. The Morgan fingerprint density at radius 2 is 2.05 bits per heavy atom. The number of likely N-dealkylation sites (tertiary alicyclic amines) is 1. The molecule has 1 aromatic carbocycles. The highest BCUT2D eigenvalue weighted by Gasteiger charge is 2.23. The molecule has 0 atom stereocenters. The normalized spacial score (nSPS) is 16.4. The highest BCUT2D eigenvalue weighted by Crippen LogP contribution is 2.21. The zero-order chi connectivity index (χ0) is 15.5. The number of carbonyl (C=O) groups is 1. The quantitative estimate of drug-likeness (QED) is 0.947. The fraction of sp³-hybridized carbons (Fsp3) is 0.529. The van der Waals surface area contributed by atoms with Crippen LogP contribution in [0.1, 0.15) is 26.7 Å². The molecule has 2 heterocycles. The third-order valence-electron chi connectivity index (χ3n) is 4.30. The average Bonchev–Trinajstić information content (AvgIpc) is 2.91. The maximum atomic E-state index is 12.0. The molecular weight excluding hydrogens is 276 g/mol. The van der Waals surface area contributed by atoms with E-state index in [-0.39, 0.29) is 12.1 Å². The van der Waals surface area contributed by atoms with Crippen molar-refractivity contribution in [3.8, 4) is 0 Å². The van der Waals surface area contributed by atoms with Gasteiger partial charge >= 0.3 is 6.03 Å². The molecule has 22 heavy (non-hydrogen) atoms. The largest absolute Gasteiger partial charge is 0.336 e. The number of benzene rings is 1. The monoisotopic (exact) mass is 300 g/mol. The third kappa shape index (κ3) is 3.24. The van der Waals surface area contributed by atoms with Gasteiger partial charge in [-0.2, -0.15) is 0 Å². The summed E-state index contributed by atoms with van der Waals surface area (Å²) in [6, 6.07) is 8.51. The van der Waals surface area contributed by atoms with Gasteiger partial charge in [0.2, 0.25) is 0 Å². The number of carbonyl (C=O) groups excluding carboxylic acids is 1. The topological polar surface area (TPSA) is 50.2 Å². The molecule has 1 fully saturated rings. The molecule has 5 heteroatoms. The molecule has 3 rings (SSSR count). The Morgan fingerprint density at radius 1 is 1.32 bits per heavy atom. The molecule has 5 nitrogen and oxygen atoms in total. The lowest BCUT2D eigenvalue weighted by Gasteiger charge is -2.32. The molecule has 2 amide bonds. The van der Waals surface area contributed by atoms with Gasteiger partial charge in [0.15, 0.2) is 0 Å². The molecule has 0 radical (unpaired) electrons. The summed E-state index contributed by atoms with van der Waals surface area (Å²) >= 11 is 0. The van der Waals surface area contributed by atoms with Gasteiger partial charge in [-0.25, -0.2) is 9.78 Å². The van der Waals surface area contributed by atoms with E-state index < -0.39 is 0 Å². The zero-order valence-corrected chi connectivity index (χ0v) is 13.3. The first kappa shape index (κ1) is 14.9. The fourth-order valence-electron chi connectivity index (χ4n) is 3.09. The highest BCUT2D eigenvalue weighted by atomic mass is 16.2. The summed E-state index contributed by atoms with van der Waals surface area (Å²) in [5.74, 6) is 0.612. The van der Waals surface area contributed by atoms with Crippen LogP contribution in [0.2, 0.25) is 0 Å². The van der Waals surface area contributed by atoms with E-state index in [0.717, 1.165) is 38.0 Å². The van der Waals surface area contributed by atoms with E-state index >= 15 is 0 Å². The number of imidazole rings is 1. The Balaban J connectivity index is 1.57. The SMILES string of the molecule is CC(C)NC(=O)N1CCC(Cn2cnc3ccccc32)CC1. The van der Waals surface area contributed by atoms with Crippen molar-refractivity contribution in [2.75, 3.05) is 13.1 Å². The van der Waals surface area contributed by atoms with Crippen molar-refractivity contribution in [2.24, 2.45) is 5.92 Å². The smallest absolute Gasteiger partial charge is 0.317 e. The number of para-hydroxylation sites is 2. The number of rotatable bonds is 3. The fourth-order valence-corrected chi connectivity index (χ4v) is 3.09. The van der Waals surface area contributed by atoms with Crippen LogP contribution in [0.4, 0.5) is 4.79 Å². The Kier molecular flexibility index (Phi) is 4.32. The molecule has 0 aliphatic carbocycles. The minimum absolute atomic E-state index is 0.0709. The number of aromatic nitrogens is 2.